The fourth-order valence-electron chi connectivity index (χ4n) is 10.6. The summed E-state index contributed by atoms with van der Waals surface area (Å²) in [7, 11) is 0. The average molecular weight is 443 g/mol. The molecule has 5 rings (SSSR count). The largest absolute Gasteiger partial charge is 0.393 e. The number of allylic oxidation sites excluding steroid dienone is 1. The smallest absolute Gasteiger partial charge is 0.0762 e. The minimum absolute atomic E-state index is 0.0719. The van der Waals surface area contributed by atoms with Gasteiger partial charge >= 0.3 is 0 Å². The van der Waals surface area contributed by atoms with Crippen LogP contribution >= 0.6 is 0 Å². The molecule has 2 N–H and O–H groups in total. The van der Waals surface area contributed by atoms with Crippen LogP contribution < -0.4 is 0 Å². The molecule has 0 spiro atoms. The second-order valence-corrected chi connectivity index (χ2v) is 15.4. The molecule has 182 valence electrons. The summed E-state index contributed by atoms with van der Waals surface area (Å²) in [6.07, 6.45) is 12.7. The SMILES string of the molecule is CC1(C)CC[C@]2(C)CC[C@]3(C)C(=C[C@H](O)[C@@H]4[C@@]5(C)CC[C@H](O)C(C)(C)[C@H]5CC[C@]43C)[C@H]2C1. The Hall–Kier alpha value is -0.340. The van der Waals surface area contributed by atoms with Crippen molar-refractivity contribution in [1.29, 1.82) is 0 Å². The van der Waals surface area contributed by atoms with Crippen LogP contribution in [0.2, 0.25) is 0 Å². The Bertz CT molecular complexity index is 825. The van der Waals surface area contributed by atoms with Gasteiger partial charge in [0, 0.05) is 5.92 Å². The van der Waals surface area contributed by atoms with Gasteiger partial charge in [-0.15, -0.1) is 0 Å². The van der Waals surface area contributed by atoms with Crippen molar-refractivity contribution in [1.82, 2.24) is 0 Å². The van der Waals surface area contributed by atoms with Crippen molar-refractivity contribution in [2.45, 2.75) is 125 Å². The number of fused-ring (bicyclic) bond motifs is 7. The van der Waals surface area contributed by atoms with Crippen molar-refractivity contribution < 1.29 is 10.2 Å². The van der Waals surface area contributed by atoms with E-state index in [0.29, 0.717) is 22.7 Å². The molecule has 5 aliphatic rings. The molecule has 0 bridgehead atoms. The summed E-state index contributed by atoms with van der Waals surface area (Å²) in [5, 5.41) is 22.8. The van der Waals surface area contributed by atoms with E-state index < -0.39 is 0 Å². The van der Waals surface area contributed by atoms with Gasteiger partial charge in [0.1, 0.15) is 0 Å². The molecule has 5 aliphatic carbocycles. The Morgan fingerprint density at radius 2 is 1.44 bits per heavy atom. The fraction of sp³-hybridized carbons (Fsp3) is 0.933. The standard InChI is InChI=1S/C30H50O2/c1-25(2)13-14-27(5)15-16-29(7)19(20(27)18-25)17-21(31)24-28(6)11-10-23(32)26(3,4)22(28)9-12-30(24,29)8/h17,20-24,31-32H,9-16,18H2,1-8H3/t20-,21+,22-,23+,24-,27-,28+,29-,30-/m1/s1. The number of rotatable bonds is 0. The van der Waals surface area contributed by atoms with Gasteiger partial charge < -0.3 is 10.2 Å². The molecule has 0 aliphatic heterocycles. The van der Waals surface area contributed by atoms with E-state index in [0.717, 1.165) is 12.8 Å². The van der Waals surface area contributed by atoms with E-state index >= 15 is 0 Å². The van der Waals surface area contributed by atoms with Crippen LogP contribution in [0.1, 0.15) is 113 Å². The zero-order chi connectivity index (χ0) is 23.5. The molecule has 2 nitrogen and oxygen atoms in total. The molecule has 0 heterocycles. The van der Waals surface area contributed by atoms with E-state index in [9.17, 15) is 10.2 Å². The number of aliphatic hydroxyl groups is 2. The van der Waals surface area contributed by atoms with E-state index in [-0.39, 0.29) is 39.8 Å². The molecule has 0 saturated heterocycles. The molecule has 0 aromatic rings. The van der Waals surface area contributed by atoms with Crippen LogP contribution in [0.5, 0.6) is 0 Å². The third-order valence-electron chi connectivity index (χ3n) is 13.0. The highest BCUT2D eigenvalue weighted by Gasteiger charge is 2.69. The second kappa shape index (κ2) is 6.66. The number of hydrogen-bond donors (Lipinski definition) is 2. The van der Waals surface area contributed by atoms with Crippen molar-refractivity contribution in [2.75, 3.05) is 0 Å². The summed E-state index contributed by atoms with van der Waals surface area (Å²) in [6, 6.07) is 0. The molecule has 4 saturated carbocycles. The lowest BCUT2D eigenvalue weighted by Gasteiger charge is -2.72. The van der Waals surface area contributed by atoms with Crippen molar-refractivity contribution >= 4 is 0 Å². The highest BCUT2D eigenvalue weighted by atomic mass is 16.3. The Labute approximate surface area is 197 Å². The van der Waals surface area contributed by atoms with Crippen molar-refractivity contribution in [3.8, 4) is 0 Å². The van der Waals surface area contributed by atoms with Crippen LogP contribution in [0.15, 0.2) is 11.6 Å². The van der Waals surface area contributed by atoms with E-state index in [1.807, 2.05) is 0 Å². The first-order valence-corrected chi connectivity index (χ1v) is 13.7. The lowest BCUT2D eigenvalue weighted by molar-refractivity contribution is -0.224. The van der Waals surface area contributed by atoms with Crippen molar-refractivity contribution in [3.05, 3.63) is 11.6 Å². The van der Waals surface area contributed by atoms with Gasteiger partial charge in [0.05, 0.1) is 12.2 Å². The van der Waals surface area contributed by atoms with Gasteiger partial charge in [-0.05, 0) is 102 Å². The van der Waals surface area contributed by atoms with Gasteiger partial charge in [0.2, 0.25) is 0 Å². The van der Waals surface area contributed by atoms with Crippen LogP contribution in [0.4, 0.5) is 0 Å². The Morgan fingerprint density at radius 1 is 0.781 bits per heavy atom. The summed E-state index contributed by atoms with van der Waals surface area (Å²) < 4.78 is 0. The Morgan fingerprint density at radius 3 is 2.12 bits per heavy atom. The van der Waals surface area contributed by atoms with Gasteiger partial charge in [-0.3, -0.25) is 0 Å². The zero-order valence-electron chi connectivity index (χ0n) is 22.2. The average Bonchev–Trinajstić information content (AvgIpc) is 2.68. The van der Waals surface area contributed by atoms with Crippen LogP contribution in [0.3, 0.4) is 0 Å². The second-order valence-electron chi connectivity index (χ2n) is 15.4. The van der Waals surface area contributed by atoms with Crippen molar-refractivity contribution in [3.63, 3.8) is 0 Å². The highest BCUT2D eigenvalue weighted by molar-refractivity contribution is 5.35. The van der Waals surface area contributed by atoms with Gasteiger partial charge in [0.25, 0.3) is 0 Å². The molecular formula is C30H50O2. The van der Waals surface area contributed by atoms with Gasteiger partial charge in [-0.2, -0.15) is 0 Å². The number of aliphatic hydroxyl groups excluding tert-OH is 2. The van der Waals surface area contributed by atoms with Gasteiger partial charge in [-0.1, -0.05) is 67.0 Å². The van der Waals surface area contributed by atoms with Crippen LogP contribution in [0.25, 0.3) is 0 Å². The fourth-order valence-corrected chi connectivity index (χ4v) is 10.6. The van der Waals surface area contributed by atoms with E-state index in [1.54, 1.807) is 5.57 Å². The maximum Gasteiger partial charge on any atom is 0.0762 e. The van der Waals surface area contributed by atoms with E-state index in [2.05, 4.69) is 61.5 Å². The van der Waals surface area contributed by atoms with Gasteiger partial charge in [0.15, 0.2) is 0 Å². The van der Waals surface area contributed by atoms with E-state index in [1.165, 1.54) is 44.9 Å². The Balaban J connectivity index is 1.62. The Kier molecular flexibility index (Phi) is 4.87. The molecule has 0 radical (unpaired) electrons. The van der Waals surface area contributed by atoms with Crippen LogP contribution in [-0.4, -0.2) is 22.4 Å². The first-order valence-electron chi connectivity index (χ1n) is 13.7. The minimum atomic E-state index is -0.352. The lowest BCUT2D eigenvalue weighted by Crippen LogP contribution is -2.67. The first-order chi connectivity index (χ1) is 14.6. The first kappa shape index (κ1) is 23.4. The van der Waals surface area contributed by atoms with E-state index in [4.69, 9.17) is 0 Å². The lowest BCUT2D eigenvalue weighted by atomic mass is 9.33. The molecule has 0 amide bonds. The number of hydrogen-bond acceptors (Lipinski definition) is 2. The molecular weight excluding hydrogens is 392 g/mol. The van der Waals surface area contributed by atoms with Crippen LogP contribution in [0, 0.1) is 50.2 Å². The summed E-state index contributed by atoms with van der Waals surface area (Å²) in [4.78, 5) is 0. The molecule has 0 unspecified atom stereocenters. The summed E-state index contributed by atoms with van der Waals surface area (Å²) in [5.41, 5.74) is 2.76. The quantitative estimate of drug-likeness (QED) is 0.391. The molecule has 0 aromatic heterocycles. The normalized spacial score (nSPS) is 56.2. The van der Waals surface area contributed by atoms with Gasteiger partial charge in [-0.25, -0.2) is 0 Å². The van der Waals surface area contributed by atoms with Crippen LogP contribution in [-0.2, 0) is 0 Å². The third-order valence-corrected chi connectivity index (χ3v) is 13.0. The highest BCUT2D eigenvalue weighted by Crippen LogP contribution is 2.75. The van der Waals surface area contributed by atoms with Crippen molar-refractivity contribution in [2.24, 2.45) is 50.2 Å². The topological polar surface area (TPSA) is 40.5 Å². The maximum absolute atomic E-state index is 11.9. The molecule has 4 fully saturated rings. The molecule has 0 aromatic carbocycles. The summed E-state index contributed by atoms with van der Waals surface area (Å²) >= 11 is 0. The minimum Gasteiger partial charge on any atom is -0.393 e. The summed E-state index contributed by atoms with van der Waals surface area (Å²) in [6.45, 7) is 19.7. The predicted molar refractivity (Wildman–Crippen MR) is 132 cm³/mol. The third kappa shape index (κ3) is 2.78. The summed E-state index contributed by atoms with van der Waals surface area (Å²) in [5.74, 6) is 1.38. The maximum atomic E-state index is 11.9. The molecule has 2 heteroatoms. The predicted octanol–water partition coefficient (Wildman–Crippen LogP) is 7.14. The molecule has 9 atom stereocenters. The molecule has 32 heavy (non-hydrogen) atoms. The monoisotopic (exact) mass is 442 g/mol. The zero-order valence-corrected chi connectivity index (χ0v) is 22.2.